The lowest BCUT2D eigenvalue weighted by molar-refractivity contribution is 0.542. The van der Waals surface area contributed by atoms with Gasteiger partial charge in [0.05, 0.1) is 0 Å². The Kier molecular flexibility index (Phi) is 5.81. The molecule has 0 radical (unpaired) electrons. The molecule has 0 saturated carbocycles. The maximum absolute atomic E-state index is 3.95. The second kappa shape index (κ2) is 7.61. The molecule has 0 heterocycles. The Morgan fingerprint density at radius 1 is 1.15 bits per heavy atom. The molecule has 0 spiro atoms. The summed E-state index contributed by atoms with van der Waals surface area (Å²) < 4.78 is 0. The Bertz CT molecular complexity index is 513. The van der Waals surface area contributed by atoms with Crippen LogP contribution in [0, 0.1) is 0 Å². The van der Waals surface area contributed by atoms with Crippen molar-refractivity contribution in [3.63, 3.8) is 0 Å². The van der Waals surface area contributed by atoms with Crippen LogP contribution in [0.25, 0.3) is 0 Å². The van der Waals surface area contributed by atoms with Gasteiger partial charge in [0.15, 0.2) is 0 Å². The highest BCUT2D eigenvalue weighted by molar-refractivity contribution is 8.78. The predicted molar refractivity (Wildman–Crippen MR) is 95.0 cm³/mol. The first-order valence-corrected chi connectivity index (χ1v) is 9.08. The zero-order valence-corrected chi connectivity index (χ0v) is 13.3. The molecular weight excluding hydrogens is 280 g/mol. The van der Waals surface area contributed by atoms with E-state index in [1.807, 2.05) is 33.7 Å². The van der Waals surface area contributed by atoms with E-state index in [1.165, 1.54) is 10.5 Å². The molecular formula is C18H20S2. The summed E-state index contributed by atoms with van der Waals surface area (Å²) in [6.45, 7) is 7.72. The highest BCUT2D eigenvalue weighted by Crippen LogP contribution is 2.45. The normalized spacial score (nSPS) is 21.3. The summed E-state index contributed by atoms with van der Waals surface area (Å²) >= 11 is 0. The number of rotatable bonds is 7. The number of hydrogen-bond acceptors (Lipinski definition) is 2. The van der Waals surface area contributed by atoms with Crippen molar-refractivity contribution in [3.8, 4) is 0 Å². The van der Waals surface area contributed by atoms with Gasteiger partial charge in [-0.2, -0.15) is 0 Å². The van der Waals surface area contributed by atoms with E-state index in [0.29, 0.717) is 0 Å². The van der Waals surface area contributed by atoms with Crippen LogP contribution in [-0.2, 0) is 5.41 Å². The molecule has 0 nitrogen and oxygen atoms in total. The van der Waals surface area contributed by atoms with Gasteiger partial charge >= 0.3 is 0 Å². The van der Waals surface area contributed by atoms with E-state index in [2.05, 4.69) is 61.7 Å². The number of allylic oxidation sites excluding steroid dienone is 5. The Balaban J connectivity index is 2.19. The molecule has 1 aliphatic carbocycles. The highest BCUT2D eigenvalue weighted by Gasteiger charge is 2.30. The Labute approximate surface area is 130 Å². The van der Waals surface area contributed by atoms with Gasteiger partial charge in [-0.05, 0) is 23.3 Å². The largest absolute Gasteiger partial charge is 0.103 e. The molecule has 2 rings (SSSR count). The fraction of sp³-hybridized carbons (Fsp3) is 0.222. The first-order valence-electron chi connectivity index (χ1n) is 6.76. The predicted octanol–water partition coefficient (Wildman–Crippen LogP) is 5.91. The van der Waals surface area contributed by atoms with E-state index in [9.17, 15) is 0 Å². The summed E-state index contributed by atoms with van der Waals surface area (Å²) in [5.41, 5.74) is 1.44. The molecule has 0 saturated heterocycles. The lowest BCUT2D eigenvalue weighted by Crippen LogP contribution is -2.24. The first kappa shape index (κ1) is 15.3. The Morgan fingerprint density at radius 3 is 2.65 bits per heavy atom. The van der Waals surface area contributed by atoms with Gasteiger partial charge in [-0.3, -0.25) is 0 Å². The fourth-order valence-electron chi connectivity index (χ4n) is 2.47. The molecule has 2 heteroatoms. The van der Waals surface area contributed by atoms with Crippen molar-refractivity contribution in [2.75, 3.05) is 5.75 Å². The summed E-state index contributed by atoms with van der Waals surface area (Å²) in [6, 6.07) is 10.7. The molecule has 1 aromatic rings. The van der Waals surface area contributed by atoms with Gasteiger partial charge in [0, 0.05) is 11.2 Å². The summed E-state index contributed by atoms with van der Waals surface area (Å²) in [5, 5.41) is 0. The van der Waals surface area contributed by atoms with Gasteiger partial charge in [0.25, 0.3) is 0 Å². The second-order valence-electron chi connectivity index (χ2n) is 4.84. The average Bonchev–Trinajstić information content (AvgIpc) is 2.49. The van der Waals surface area contributed by atoms with E-state index < -0.39 is 0 Å². The third-order valence-electron chi connectivity index (χ3n) is 3.40. The summed E-state index contributed by atoms with van der Waals surface area (Å²) in [6.07, 6.45) is 12.7. The van der Waals surface area contributed by atoms with Crippen LogP contribution in [0.3, 0.4) is 0 Å². The van der Waals surface area contributed by atoms with Crippen molar-refractivity contribution in [3.05, 3.63) is 84.3 Å². The Hall–Kier alpha value is -1.12. The first-order chi connectivity index (χ1) is 9.80. The molecule has 1 aromatic carbocycles. The van der Waals surface area contributed by atoms with Crippen molar-refractivity contribution >= 4 is 21.6 Å². The van der Waals surface area contributed by atoms with Gasteiger partial charge in [-0.15, -0.1) is 13.2 Å². The lowest BCUT2D eigenvalue weighted by Gasteiger charge is -2.33. The third kappa shape index (κ3) is 3.71. The third-order valence-corrected chi connectivity index (χ3v) is 5.78. The van der Waals surface area contributed by atoms with Crippen LogP contribution in [0.4, 0.5) is 0 Å². The SMILES string of the molecule is C=CCSSC1=CC=CC(CC=C)(c2ccccc2)C1. The molecule has 0 amide bonds. The monoisotopic (exact) mass is 300 g/mol. The minimum Gasteiger partial charge on any atom is -0.103 e. The number of benzene rings is 1. The zero-order valence-electron chi connectivity index (χ0n) is 11.6. The smallest absolute Gasteiger partial charge is 0.0218 e. The number of hydrogen-bond donors (Lipinski definition) is 0. The van der Waals surface area contributed by atoms with E-state index in [1.54, 1.807) is 0 Å². The minimum atomic E-state index is 0.0643. The van der Waals surface area contributed by atoms with Crippen LogP contribution in [0.15, 0.2) is 78.8 Å². The van der Waals surface area contributed by atoms with Crippen LogP contribution in [0.5, 0.6) is 0 Å². The van der Waals surface area contributed by atoms with Crippen LogP contribution in [-0.4, -0.2) is 5.75 Å². The van der Waals surface area contributed by atoms with E-state index >= 15 is 0 Å². The molecule has 0 aliphatic heterocycles. The maximum atomic E-state index is 3.95. The van der Waals surface area contributed by atoms with Crippen molar-refractivity contribution in [2.24, 2.45) is 0 Å². The zero-order chi connectivity index (χ0) is 14.3. The summed E-state index contributed by atoms with van der Waals surface area (Å²) in [4.78, 5) is 1.42. The fourth-order valence-corrected chi connectivity index (χ4v) is 4.52. The quantitative estimate of drug-likeness (QED) is 0.349. The molecule has 0 fully saturated rings. The van der Waals surface area contributed by atoms with Crippen LogP contribution in [0.1, 0.15) is 18.4 Å². The van der Waals surface area contributed by atoms with Crippen LogP contribution in [0.2, 0.25) is 0 Å². The van der Waals surface area contributed by atoms with Crippen molar-refractivity contribution in [1.29, 1.82) is 0 Å². The van der Waals surface area contributed by atoms with E-state index in [-0.39, 0.29) is 5.41 Å². The molecule has 1 aliphatic rings. The van der Waals surface area contributed by atoms with Crippen LogP contribution < -0.4 is 0 Å². The molecule has 1 atom stereocenters. The lowest BCUT2D eigenvalue weighted by atomic mass is 9.73. The molecule has 0 N–H and O–H groups in total. The van der Waals surface area contributed by atoms with Gasteiger partial charge < -0.3 is 0 Å². The molecule has 0 bridgehead atoms. The standard InChI is InChI=1S/C18H20S2/c1-3-12-18(16-9-6-5-7-10-16)13-8-11-17(15-18)20-19-14-4-2/h3-11,13H,1-2,12,14-15H2. The van der Waals surface area contributed by atoms with Crippen molar-refractivity contribution < 1.29 is 0 Å². The van der Waals surface area contributed by atoms with Gasteiger partial charge in [-0.1, -0.05) is 82.3 Å². The highest BCUT2D eigenvalue weighted by atomic mass is 33.1. The molecule has 20 heavy (non-hydrogen) atoms. The molecule has 0 aromatic heterocycles. The maximum Gasteiger partial charge on any atom is 0.0218 e. The van der Waals surface area contributed by atoms with Crippen molar-refractivity contribution in [1.82, 2.24) is 0 Å². The minimum absolute atomic E-state index is 0.0643. The van der Waals surface area contributed by atoms with E-state index in [4.69, 9.17) is 0 Å². The molecule has 104 valence electrons. The van der Waals surface area contributed by atoms with Gasteiger partial charge in [-0.25, -0.2) is 0 Å². The summed E-state index contributed by atoms with van der Waals surface area (Å²) in [7, 11) is 3.71. The van der Waals surface area contributed by atoms with Gasteiger partial charge in [0.2, 0.25) is 0 Å². The van der Waals surface area contributed by atoms with E-state index in [0.717, 1.165) is 18.6 Å². The van der Waals surface area contributed by atoms with Crippen LogP contribution >= 0.6 is 21.6 Å². The summed E-state index contributed by atoms with van der Waals surface area (Å²) in [5.74, 6) is 0.978. The van der Waals surface area contributed by atoms with Crippen molar-refractivity contribution in [2.45, 2.75) is 18.3 Å². The topological polar surface area (TPSA) is 0 Å². The Morgan fingerprint density at radius 2 is 1.95 bits per heavy atom. The average molecular weight is 300 g/mol. The molecule has 1 unspecified atom stereocenters. The second-order valence-corrected chi connectivity index (χ2v) is 7.31. The van der Waals surface area contributed by atoms with Gasteiger partial charge in [0.1, 0.15) is 0 Å².